The van der Waals surface area contributed by atoms with Crippen LogP contribution in [0.1, 0.15) is 0 Å². The third-order valence-electron chi connectivity index (χ3n) is 3.94. The Morgan fingerprint density at radius 1 is 1.21 bits per heavy atom. The average Bonchev–Trinajstić information content (AvgIpc) is 2.68. The van der Waals surface area contributed by atoms with Crippen molar-refractivity contribution < 1.29 is 22.4 Å². The second-order valence-electron chi connectivity index (χ2n) is 6.01. The van der Waals surface area contributed by atoms with E-state index >= 15 is 0 Å². The van der Waals surface area contributed by atoms with Gasteiger partial charge < -0.3 is 10.6 Å². The molecule has 28 heavy (non-hydrogen) atoms. The normalized spacial score (nSPS) is 15.1. The minimum atomic E-state index is -3.83. The molecule has 1 aliphatic rings. The predicted octanol–water partition coefficient (Wildman–Crippen LogP) is 1.68. The van der Waals surface area contributed by atoms with Gasteiger partial charge in [-0.25, -0.2) is 12.8 Å². The summed E-state index contributed by atoms with van der Waals surface area (Å²) < 4.78 is 39.4. The fraction of sp³-hybridized carbons (Fsp3) is 0.222. The molecule has 0 atom stereocenters. The van der Waals surface area contributed by atoms with Crippen molar-refractivity contribution in [2.24, 2.45) is 0 Å². The predicted molar refractivity (Wildman–Crippen MR) is 104 cm³/mol. The maximum absolute atomic E-state index is 12.9. The highest BCUT2D eigenvalue weighted by Crippen LogP contribution is 2.22. The number of piperazine rings is 1. The van der Waals surface area contributed by atoms with E-state index in [4.69, 9.17) is 0 Å². The van der Waals surface area contributed by atoms with Gasteiger partial charge in [-0.05, 0) is 42.5 Å². The molecule has 0 unspecified atom stereocenters. The van der Waals surface area contributed by atoms with Crippen molar-refractivity contribution in [3.63, 3.8) is 0 Å². The number of nitrogens with zero attached hydrogens (tertiary/aromatic N) is 1. The summed E-state index contributed by atoms with van der Waals surface area (Å²) in [4.78, 5) is 24.4. The third kappa shape index (κ3) is 5.09. The van der Waals surface area contributed by atoms with E-state index in [9.17, 15) is 22.4 Å². The van der Waals surface area contributed by atoms with Gasteiger partial charge in [0, 0.05) is 23.7 Å². The summed E-state index contributed by atoms with van der Waals surface area (Å²) in [5, 5.41) is 5.23. The number of carbonyl (C=O) groups excluding carboxylic acids is 2. The monoisotopic (exact) mass is 423 g/mol. The van der Waals surface area contributed by atoms with E-state index in [1.165, 1.54) is 42.1 Å². The number of rotatable bonds is 6. The number of carbonyl (C=O) groups is 2. The summed E-state index contributed by atoms with van der Waals surface area (Å²) >= 11 is 1.24. The largest absolute Gasteiger partial charge is 0.354 e. The minimum absolute atomic E-state index is 0.00573. The lowest BCUT2D eigenvalue weighted by Gasteiger charge is -2.26. The van der Waals surface area contributed by atoms with Gasteiger partial charge in [0.15, 0.2) is 0 Å². The van der Waals surface area contributed by atoms with Gasteiger partial charge in [0.25, 0.3) is 0 Å². The quantitative estimate of drug-likeness (QED) is 0.690. The van der Waals surface area contributed by atoms with E-state index in [0.29, 0.717) is 5.69 Å². The van der Waals surface area contributed by atoms with Crippen LogP contribution in [-0.4, -0.2) is 49.9 Å². The second kappa shape index (κ2) is 8.72. The highest BCUT2D eigenvalue weighted by molar-refractivity contribution is 8.00. The zero-order chi connectivity index (χ0) is 20.1. The first-order valence-electron chi connectivity index (χ1n) is 8.40. The van der Waals surface area contributed by atoms with E-state index < -0.39 is 10.0 Å². The molecule has 0 spiro atoms. The fourth-order valence-corrected chi connectivity index (χ4v) is 4.72. The third-order valence-corrected chi connectivity index (χ3v) is 6.80. The van der Waals surface area contributed by atoms with Gasteiger partial charge in [0.1, 0.15) is 5.82 Å². The van der Waals surface area contributed by atoms with Crippen molar-refractivity contribution in [2.75, 3.05) is 30.7 Å². The van der Waals surface area contributed by atoms with Gasteiger partial charge in [-0.3, -0.25) is 9.59 Å². The number of amides is 2. The van der Waals surface area contributed by atoms with Crippen LogP contribution >= 0.6 is 11.8 Å². The van der Waals surface area contributed by atoms with E-state index in [1.54, 1.807) is 18.2 Å². The summed E-state index contributed by atoms with van der Waals surface area (Å²) in [6.45, 7) is 0.224. The average molecular weight is 423 g/mol. The zero-order valence-electron chi connectivity index (χ0n) is 14.7. The number of thioether (sulfide) groups is 1. The molecular weight excluding hydrogens is 405 g/mol. The molecule has 2 amide bonds. The van der Waals surface area contributed by atoms with Crippen LogP contribution in [-0.2, 0) is 19.6 Å². The Kier molecular flexibility index (Phi) is 6.32. The van der Waals surface area contributed by atoms with Gasteiger partial charge in [-0.1, -0.05) is 6.07 Å². The first-order valence-corrected chi connectivity index (χ1v) is 10.8. The lowest BCUT2D eigenvalue weighted by Crippen LogP contribution is -2.49. The Hall–Kier alpha value is -2.43. The van der Waals surface area contributed by atoms with Crippen molar-refractivity contribution in [1.29, 1.82) is 0 Å². The smallest absolute Gasteiger partial charge is 0.243 e. The van der Waals surface area contributed by atoms with Crippen LogP contribution in [0.4, 0.5) is 10.1 Å². The number of hydrogen-bond donors (Lipinski definition) is 2. The lowest BCUT2D eigenvalue weighted by molar-refractivity contribution is -0.122. The first-order chi connectivity index (χ1) is 13.3. The molecule has 148 valence electrons. The van der Waals surface area contributed by atoms with Crippen molar-refractivity contribution in [3.8, 4) is 0 Å². The van der Waals surface area contributed by atoms with E-state index in [2.05, 4.69) is 10.6 Å². The van der Waals surface area contributed by atoms with Crippen molar-refractivity contribution in [1.82, 2.24) is 9.62 Å². The van der Waals surface area contributed by atoms with Crippen LogP contribution in [0.5, 0.6) is 0 Å². The maximum atomic E-state index is 12.9. The van der Waals surface area contributed by atoms with Crippen molar-refractivity contribution >= 4 is 39.3 Å². The summed E-state index contributed by atoms with van der Waals surface area (Å²) in [6.07, 6.45) is 0. The molecule has 7 nitrogen and oxygen atoms in total. The standard InChI is InChI=1S/C18H18FN3O4S2/c19-13-4-6-15(7-5-13)27-12-18(24)21-14-2-1-3-16(10-14)28(25,26)22-9-8-20-17(23)11-22/h1-7,10H,8-9,11-12H2,(H,20,23)(H,21,24). The Morgan fingerprint density at radius 3 is 2.68 bits per heavy atom. The summed E-state index contributed by atoms with van der Waals surface area (Å²) in [6, 6.07) is 11.7. The van der Waals surface area contributed by atoms with Crippen LogP contribution < -0.4 is 10.6 Å². The fourth-order valence-electron chi connectivity index (χ4n) is 2.58. The van der Waals surface area contributed by atoms with Crippen molar-refractivity contribution in [3.05, 3.63) is 54.3 Å². The van der Waals surface area contributed by atoms with Gasteiger partial charge in [0.05, 0.1) is 17.2 Å². The summed E-state index contributed by atoms with van der Waals surface area (Å²) in [5.74, 6) is -0.925. The highest BCUT2D eigenvalue weighted by Gasteiger charge is 2.29. The Bertz CT molecular complexity index is 981. The number of nitrogens with one attached hydrogen (secondary N) is 2. The lowest BCUT2D eigenvalue weighted by atomic mass is 10.3. The molecule has 1 heterocycles. The molecule has 0 aromatic heterocycles. The molecular formula is C18H18FN3O4S2. The molecule has 10 heteroatoms. The summed E-state index contributed by atoms with van der Waals surface area (Å²) in [7, 11) is -3.83. The second-order valence-corrected chi connectivity index (χ2v) is 8.99. The molecule has 3 rings (SSSR count). The van der Waals surface area contributed by atoms with Gasteiger partial charge >= 0.3 is 0 Å². The van der Waals surface area contributed by atoms with Crippen LogP contribution in [0.15, 0.2) is 58.3 Å². The van der Waals surface area contributed by atoms with Crippen LogP contribution in [0.25, 0.3) is 0 Å². The van der Waals surface area contributed by atoms with Gasteiger partial charge in [-0.15, -0.1) is 11.8 Å². The zero-order valence-corrected chi connectivity index (χ0v) is 16.4. The van der Waals surface area contributed by atoms with Crippen LogP contribution in [0.2, 0.25) is 0 Å². The van der Waals surface area contributed by atoms with Crippen LogP contribution in [0, 0.1) is 5.82 Å². The summed E-state index contributed by atoms with van der Waals surface area (Å²) in [5.41, 5.74) is 0.340. The maximum Gasteiger partial charge on any atom is 0.243 e. The van der Waals surface area contributed by atoms with E-state index in [0.717, 1.165) is 9.20 Å². The molecule has 2 N–H and O–H groups in total. The molecule has 1 aliphatic heterocycles. The molecule has 0 bridgehead atoms. The number of sulfonamides is 1. The molecule has 0 radical (unpaired) electrons. The number of hydrogen-bond acceptors (Lipinski definition) is 5. The van der Waals surface area contributed by atoms with Gasteiger partial charge in [0.2, 0.25) is 21.8 Å². The topological polar surface area (TPSA) is 95.6 Å². The Labute approximate surface area is 166 Å². The number of benzene rings is 2. The SMILES string of the molecule is O=C1CN(S(=O)(=O)c2cccc(NC(=O)CSc3ccc(F)cc3)c2)CCN1. The highest BCUT2D eigenvalue weighted by atomic mass is 32.2. The molecule has 0 aliphatic carbocycles. The van der Waals surface area contributed by atoms with E-state index in [1.807, 2.05) is 0 Å². The molecule has 0 saturated carbocycles. The Morgan fingerprint density at radius 2 is 1.96 bits per heavy atom. The van der Waals surface area contributed by atoms with Crippen LogP contribution in [0.3, 0.4) is 0 Å². The van der Waals surface area contributed by atoms with Gasteiger partial charge in [-0.2, -0.15) is 4.31 Å². The number of halogens is 1. The van der Waals surface area contributed by atoms with E-state index in [-0.39, 0.29) is 47.9 Å². The van der Waals surface area contributed by atoms with Crippen molar-refractivity contribution in [2.45, 2.75) is 9.79 Å². The number of anilines is 1. The molecule has 2 aromatic rings. The molecule has 1 saturated heterocycles. The minimum Gasteiger partial charge on any atom is -0.354 e. The first kappa shape index (κ1) is 20.3. The molecule has 1 fully saturated rings. The Balaban J connectivity index is 1.64. The molecule has 2 aromatic carbocycles.